The number of benzene rings is 1. The van der Waals surface area contributed by atoms with Gasteiger partial charge in [-0.2, -0.15) is 0 Å². The van der Waals surface area contributed by atoms with Crippen LogP contribution in [0.4, 0.5) is 0 Å². The van der Waals surface area contributed by atoms with Crippen molar-refractivity contribution < 1.29 is 9.53 Å². The molecule has 1 aliphatic rings. The van der Waals surface area contributed by atoms with E-state index in [-0.39, 0.29) is 5.91 Å². The normalized spacial score (nSPS) is 17.5. The number of methoxy groups -OCH3 is 1. The lowest BCUT2D eigenvalue weighted by Gasteiger charge is -2.32. The van der Waals surface area contributed by atoms with Crippen LogP contribution in [0.15, 0.2) is 48.7 Å². The number of ether oxygens (including phenoxy) is 1. The zero-order chi connectivity index (χ0) is 16.8. The number of amides is 1. The highest BCUT2D eigenvalue weighted by molar-refractivity contribution is 5.92. The Morgan fingerprint density at radius 3 is 2.79 bits per heavy atom. The Bertz CT molecular complexity index is 655. The number of piperidine rings is 1. The van der Waals surface area contributed by atoms with Gasteiger partial charge in [-0.25, -0.2) is 0 Å². The molecule has 1 aliphatic heterocycles. The minimum Gasteiger partial charge on any atom is -0.497 e. The third-order valence-electron chi connectivity index (χ3n) is 4.69. The molecule has 0 bridgehead atoms. The number of likely N-dealkylation sites (tertiary alicyclic amines) is 1. The molecule has 1 aromatic heterocycles. The first-order valence-corrected chi connectivity index (χ1v) is 8.59. The molecule has 4 heteroatoms. The van der Waals surface area contributed by atoms with Crippen LogP contribution in [0.1, 0.15) is 35.3 Å². The van der Waals surface area contributed by atoms with Crippen molar-refractivity contribution in [2.45, 2.75) is 25.7 Å². The van der Waals surface area contributed by atoms with Gasteiger partial charge in [-0.05, 0) is 61.4 Å². The summed E-state index contributed by atoms with van der Waals surface area (Å²) in [6, 6.07) is 13.8. The molecule has 1 amide bonds. The first-order valence-electron chi connectivity index (χ1n) is 8.59. The highest BCUT2D eigenvalue weighted by Crippen LogP contribution is 2.23. The molecule has 1 atom stereocenters. The maximum Gasteiger partial charge on any atom is 0.272 e. The van der Waals surface area contributed by atoms with E-state index >= 15 is 0 Å². The molecular formula is C20H24N2O2. The summed E-state index contributed by atoms with van der Waals surface area (Å²) in [6.07, 6.45) is 6.10. The Morgan fingerprint density at radius 2 is 2.08 bits per heavy atom. The Hall–Kier alpha value is -2.36. The minimum atomic E-state index is 0.0600. The average molecular weight is 324 g/mol. The molecule has 2 heterocycles. The lowest BCUT2D eigenvalue weighted by Crippen LogP contribution is -2.40. The van der Waals surface area contributed by atoms with Gasteiger partial charge < -0.3 is 9.64 Å². The predicted octanol–water partition coefficient (Wildman–Crippen LogP) is 3.58. The van der Waals surface area contributed by atoms with E-state index in [1.165, 1.54) is 12.0 Å². The Kier molecular flexibility index (Phi) is 5.47. The van der Waals surface area contributed by atoms with Crippen LogP contribution in [0, 0.1) is 5.92 Å². The number of carbonyl (C=O) groups is 1. The van der Waals surface area contributed by atoms with Gasteiger partial charge in [-0.1, -0.05) is 18.2 Å². The second-order valence-corrected chi connectivity index (χ2v) is 6.36. The van der Waals surface area contributed by atoms with E-state index in [0.29, 0.717) is 11.6 Å². The molecule has 0 radical (unpaired) electrons. The molecule has 1 saturated heterocycles. The number of nitrogens with zero attached hydrogens (tertiary/aromatic N) is 2. The van der Waals surface area contributed by atoms with Gasteiger partial charge in [0.1, 0.15) is 11.4 Å². The first-order chi connectivity index (χ1) is 11.8. The van der Waals surface area contributed by atoms with Crippen LogP contribution in [0.2, 0.25) is 0 Å². The Morgan fingerprint density at radius 1 is 1.25 bits per heavy atom. The van der Waals surface area contributed by atoms with Crippen molar-refractivity contribution in [1.29, 1.82) is 0 Å². The Balaban J connectivity index is 1.54. The van der Waals surface area contributed by atoms with E-state index in [0.717, 1.165) is 38.1 Å². The molecule has 0 N–H and O–H groups in total. The number of aromatic nitrogens is 1. The van der Waals surface area contributed by atoms with Crippen LogP contribution in [0.25, 0.3) is 0 Å². The number of rotatable bonds is 5. The molecule has 4 nitrogen and oxygen atoms in total. The van der Waals surface area contributed by atoms with E-state index in [1.807, 2.05) is 29.2 Å². The van der Waals surface area contributed by atoms with Crippen LogP contribution in [-0.4, -0.2) is 36.0 Å². The fourth-order valence-corrected chi connectivity index (χ4v) is 3.30. The maximum atomic E-state index is 12.5. The number of aryl methyl sites for hydroxylation is 1. The molecule has 0 unspecified atom stereocenters. The summed E-state index contributed by atoms with van der Waals surface area (Å²) < 4.78 is 5.20. The number of carbonyl (C=O) groups excluding carboxylic acids is 1. The van der Waals surface area contributed by atoms with Crippen LogP contribution in [0.3, 0.4) is 0 Å². The van der Waals surface area contributed by atoms with Crippen LogP contribution >= 0.6 is 0 Å². The van der Waals surface area contributed by atoms with Crippen molar-refractivity contribution in [1.82, 2.24) is 9.88 Å². The molecule has 126 valence electrons. The first kappa shape index (κ1) is 16.5. The molecule has 1 aromatic carbocycles. The summed E-state index contributed by atoms with van der Waals surface area (Å²) in [5.41, 5.74) is 1.87. The second kappa shape index (κ2) is 7.95. The Labute approximate surface area is 143 Å². The van der Waals surface area contributed by atoms with Crippen molar-refractivity contribution in [2.24, 2.45) is 5.92 Å². The SMILES string of the molecule is COc1ccc(CC[C@H]2CCCN(C(=O)c3ccccn3)C2)cc1. The van der Waals surface area contributed by atoms with Crippen molar-refractivity contribution >= 4 is 5.91 Å². The molecule has 0 saturated carbocycles. The van der Waals surface area contributed by atoms with Gasteiger partial charge >= 0.3 is 0 Å². The van der Waals surface area contributed by atoms with E-state index in [2.05, 4.69) is 17.1 Å². The molecule has 0 spiro atoms. The monoisotopic (exact) mass is 324 g/mol. The molecule has 1 fully saturated rings. The van der Waals surface area contributed by atoms with E-state index in [4.69, 9.17) is 4.74 Å². The number of hydrogen-bond acceptors (Lipinski definition) is 3. The topological polar surface area (TPSA) is 42.4 Å². The third kappa shape index (κ3) is 4.13. The summed E-state index contributed by atoms with van der Waals surface area (Å²) in [7, 11) is 1.68. The summed E-state index contributed by atoms with van der Waals surface area (Å²) in [6.45, 7) is 1.68. The summed E-state index contributed by atoms with van der Waals surface area (Å²) >= 11 is 0. The summed E-state index contributed by atoms with van der Waals surface area (Å²) in [5.74, 6) is 1.52. The van der Waals surface area contributed by atoms with Crippen LogP contribution in [-0.2, 0) is 6.42 Å². The largest absolute Gasteiger partial charge is 0.497 e. The number of hydrogen-bond donors (Lipinski definition) is 0. The van der Waals surface area contributed by atoms with Crippen molar-refractivity contribution in [3.63, 3.8) is 0 Å². The molecule has 24 heavy (non-hydrogen) atoms. The molecular weight excluding hydrogens is 300 g/mol. The van der Waals surface area contributed by atoms with E-state index < -0.39 is 0 Å². The lowest BCUT2D eigenvalue weighted by atomic mass is 9.91. The zero-order valence-electron chi connectivity index (χ0n) is 14.1. The second-order valence-electron chi connectivity index (χ2n) is 6.36. The smallest absolute Gasteiger partial charge is 0.272 e. The highest BCUT2D eigenvalue weighted by atomic mass is 16.5. The van der Waals surface area contributed by atoms with Gasteiger partial charge in [0.15, 0.2) is 0 Å². The minimum absolute atomic E-state index is 0.0600. The van der Waals surface area contributed by atoms with Gasteiger partial charge in [0.25, 0.3) is 5.91 Å². The van der Waals surface area contributed by atoms with Gasteiger partial charge in [-0.3, -0.25) is 9.78 Å². The van der Waals surface area contributed by atoms with Gasteiger partial charge in [0, 0.05) is 19.3 Å². The lowest BCUT2D eigenvalue weighted by molar-refractivity contribution is 0.0662. The fraction of sp³-hybridized carbons (Fsp3) is 0.400. The van der Waals surface area contributed by atoms with Crippen LogP contribution in [0.5, 0.6) is 5.75 Å². The zero-order valence-corrected chi connectivity index (χ0v) is 14.1. The highest BCUT2D eigenvalue weighted by Gasteiger charge is 2.24. The third-order valence-corrected chi connectivity index (χ3v) is 4.69. The van der Waals surface area contributed by atoms with Gasteiger partial charge in [0.05, 0.1) is 7.11 Å². The summed E-state index contributed by atoms with van der Waals surface area (Å²) in [5, 5.41) is 0. The number of pyridine rings is 1. The quantitative estimate of drug-likeness (QED) is 0.844. The summed E-state index contributed by atoms with van der Waals surface area (Å²) in [4.78, 5) is 18.7. The standard InChI is InChI=1S/C20H24N2O2/c1-24-18-11-9-16(10-12-18)7-8-17-5-4-14-22(15-17)20(23)19-6-2-3-13-21-19/h2-3,6,9-13,17H,4-5,7-8,14-15H2,1H3/t17-/m1/s1. The van der Waals surface area contributed by atoms with Gasteiger partial charge in [-0.15, -0.1) is 0 Å². The van der Waals surface area contributed by atoms with Crippen LogP contribution < -0.4 is 4.74 Å². The van der Waals surface area contributed by atoms with E-state index in [9.17, 15) is 4.79 Å². The predicted molar refractivity (Wildman–Crippen MR) is 94.2 cm³/mol. The fourth-order valence-electron chi connectivity index (χ4n) is 3.30. The average Bonchev–Trinajstić information content (AvgIpc) is 2.67. The molecule has 0 aliphatic carbocycles. The van der Waals surface area contributed by atoms with Gasteiger partial charge in [0.2, 0.25) is 0 Å². The maximum absolute atomic E-state index is 12.5. The molecule has 2 aromatic rings. The van der Waals surface area contributed by atoms with Crippen molar-refractivity contribution in [2.75, 3.05) is 20.2 Å². The van der Waals surface area contributed by atoms with Crippen molar-refractivity contribution in [3.05, 3.63) is 59.9 Å². The van der Waals surface area contributed by atoms with Crippen molar-refractivity contribution in [3.8, 4) is 5.75 Å². The van der Waals surface area contributed by atoms with E-state index in [1.54, 1.807) is 19.4 Å². The molecule has 3 rings (SSSR count).